The Bertz CT molecular complexity index is 495. The van der Waals surface area contributed by atoms with Crippen LogP contribution in [0.1, 0.15) is 11.3 Å². The first-order valence-electron chi connectivity index (χ1n) is 4.97. The van der Waals surface area contributed by atoms with Gasteiger partial charge in [0.2, 0.25) is 0 Å². The quantitative estimate of drug-likeness (QED) is 0.587. The van der Waals surface area contributed by atoms with Crippen molar-refractivity contribution in [1.29, 1.82) is 0 Å². The van der Waals surface area contributed by atoms with E-state index >= 15 is 0 Å². The zero-order valence-electron chi connectivity index (χ0n) is 9.28. The third-order valence-corrected chi connectivity index (χ3v) is 2.36. The molecule has 0 radical (unpaired) electrons. The van der Waals surface area contributed by atoms with Gasteiger partial charge in [-0.2, -0.15) is 5.10 Å². The van der Waals surface area contributed by atoms with Gasteiger partial charge >= 0.3 is 0 Å². The average molecular weight is 201 g/mol. The van der Waals surface area contributed by atoms with Crippen LogP contribution in [0.4, 0.5) is 0 Å². The Morgan fingerprint density at radius 1 is 1.27 bits per heavy atom. The number of nitrogens with one attached hydrogen (secondary N) is 1. The molecule has 1 aromatic heterocycles. The third kappa shape index (κ3) is 1.86. The molecule has 0 fully saturated rings. The van der Waals surface area contributed by atoms with Gasteiger partial charge in [-0.1, -0.05) is 18.2 Å². The van der Waals surface area contributed by atoms with Crippen molar-refractivity contribution < 1.29 is 0 Å². The van der Waals surface area contributed by atoms with Crippen molar-refractivity contribution >= 4 is 17.1 Å². The standard InChI is InChI=1S/C12H15N3/c1-9-11(8-13-15(2)3)10-6-4-5-7-12(10)14-9/h4-8,14H,1-3H3/b13-8+. The average Bonchev–Trinajstić information content (AvgIpc) is 2.50. The SMILES string of the molecule is Cc1[nH]c2ccccc2c1/C=N/N(C)C. The Morgan fingerprint density at radius 2 is 2.00 bits per heavy atom. The van der Waals surface area contributed by atoms with Crippen LogP contribution in [0.15, 0.2) is 29.4 Å². The number of aromatic nitrogens is 1. The van der Waals surface area contributed by atoms with Gasteiger partial charge in [0.25, 0.3) is 0 Å². The molecule has 0 unspecified atom stereocenters. The van der Waals surface area contributed by atoms with E-state index in [0.717, 1.165) is 11.2 Å². The van der Waals surface area contributed by atoms with Gasteiger partial charge in [0.1, 0.15) is 0 Å². The first-order chi connectivity index (χ1) is 7.18. The molecule has 1 aromatic carbocycles. The summed E-state index contributed by atoms with van der Waals surface area (Å²) in [6.45, 7) is 2.07. The number of rotatable bonds is 2. The summed E-state index contributed by atoms with van der Waals surface area (Å²) in [5.74, 6) is 0. The van der Waals surface area contributed by atoms with Crippen molar-refractivity contribution in [3.8, 4) is 0 Å². The second-order valence-electron chi connectivity index (χ2n) is 3.80. The van der Waals surface area contributed by atoms with Crippen LogP contribution in [0.3, 0.4) is 0 Å². The van der Waals surface area contributed by atoms with Crippen LogP contribution >= 0.6 is 0 Å². The number of hydrazone groups is 1. The highest BCUT2D eigenvalue weighted by Gasteiger charge is 2.04. The molecule has 0 amide bonds. The summed E-state index contributed by atoms with van der Waals surface area (Å²) in [6, 6.07) is 8.26. The normalized spacial score (nSPS) is 11.4. The number of hydrogen-bond donors (Lipinski definition) is 1. The van der Waals surface area contributed by atoms with Crippen LogP contribution in [-0.4, -0.2) is 30.3 Å². The van der Waals surface area contributed by atoms with Crippen LogP contribution in [0.5, 0.6) is 0 Å². The molecule has 0 atom stereocenters. The van der Waals surface area contributed by atoms with Gasteiger partial charge in [0.05, 0.1) is 6.21 Å². The van der Waals surface area contributed by atoms with Gasteiger partial charge in [0, 0.05) is 36.3 Å². The van der Waals surface area contributed by atoms with Crippen molar-refractivity contribution in [1.82, 2.24) is 9.99 Å². The van der Waals surface area contributed by atoms with E-state index in [2.05, 4.69) is 29.1 Å². The molecule has 0 saturated carbocycles. The maximum absolute atomic E-state index is 4.27. The van der Waals surface area contributed by atoms with E-state index in [1.165, 1.54) is 10.9 Å². The summed E-state index contributed by atoms with van der Waals surface area (Å²) in [4.78, 5) is 3.34. The lowest BCUT2D eigenvalue weighted by Gasteiger charge is -2.02. The zero-order valence-corrected chi connectivity index (χ0v) is 9.28. The highest BCUT2D eigenvalue weighted by atomic mass is 15.4. The van der Waals surface area contributed by atoms with Gasteiger partial charge in [-0.3, -0.25) is 0 Å². The van der Waals surface area contributed by atoms with Crippen LogP contribution < -0.4 is 0 Å². The van der Waals surface area contributed by atoms with E-state index in [-0.39, 0.29) is 0 Å². The molecule has 0 bridgehead atoms. The van der Waals surface area contributed by atoms with E-state index in [9.17, 15) is 0 Å². The highest BCUT2D eigenvalue weighted by molar-refractivity contribution is 6.00. The van der Waals surface area contributed by atoms with E-state index in [1.54, 1.807) is 5.01 Å². The zero-order chi connectivity index (χ0) is 10.8. The molecule has 15 heavy (non-hydrogen) atoms. The number of para-hydroxylation sites is 1. The molecular weight excluding hydrogens is 186 g/mol. The summed E-state index contributed by atoms with van der Waals surface area (Å²) in [5, 5.41) is 7.28. The molecule has 2 aromatic rings. The largest absolute Gasteiger partial charge is 0.358 e. The predicted octanol–water partition coefficient (Wildman–Crippen LogP) is 2.37. The molecule has 1 N–H and O–H groups in total. The van der Waals surface area contributed by atoms with Gasteiger partial charge in [-0.15, -0.1) is 0 Å². The number of fused-ring (bicyclic) bond motifs is 1. The van der Waals surface area contributed by atoms with Crippen LogP contribution in [0, 0.1) is 6.92 Å². The predicted molar refractivity (Wildman–Crippen MR) is 64.3 cm³/mol. The molecule has 3 nitrogen and oxygen atoms in total. The number of H-pyrrole nitrogens is 1. The summed E-state index contributed by atoms with van der Waals surface area (Å²) in [6.07, 6.45) is 1.90. The minimum atomic E-state index is 1.15. The number of aryl methyl sites for hydroxylation is 1. The van der Waals surface area contributed by atoms with Crippen LogP contribution in [0.25, 0.3) is 10.9 Å². The Labute approximate surface area is 89.4 Å². The molecule has 0 aliphatic rings. The molecule has 78 valence electrons. The molecule has 2 rings (SSSR count). The second-order valence-corrected chi connectivity index (χ2v) is 3.80. The first-order valence-corrected chi connectivity index (χ1v) is 4.97. The Morgan fingerprint density at radius 3 is 2.73 bits per heavy atom. The Hall–Kier alpha value is -1.77. The maximum atomic E-state index is 4.27. The molecule has 0 aliphatic heterocycles. The molecule has 0 spiro atoms. The topological polar surface area (TPSA) is 31.4 Å². The maximum Gasteiger partial charge on any atom is 0.0566 e. The van der Waals surface area contributed by atoms with Crippen LogP contribution in [0.2, 0.25) is 0 Å². The van der Waals surface area contributed by atoms with Gasteiger partial charge < -0.3 is 9.99 Å². The summed E-state index contributed by atoms with van der Waals surface area (Å²) in [7, 11) is 3.83. The van der Waals surface area contributed by atoms with E-state index < -0.39 is 0 Å². The summed E-state index contributed by atoms with van der Waals surface area (Å²) >= 11 is 0. The first kappa shape index (κ1) is 9.77. The number of hydrogen-bond acceptors (Lipinski definition) is 2. The minimum Gasteiger partial charge on any atom is -0.358 e. The lowest BCUT2D eigenvalue weighted by Crippen LogP contribution is -2.02. The Kier molecular flexibility index (Phi) is 2.46. The van der Waals surface area contributed by atoms with Gasteiger partial charge in [-0.25, -0.2) is 0 Å². The fourth-order valence-electron chi connectivity index (χ4n) is 1.64. The van der Waals surface area contributed by atoms with Crippen molar-refractivity contribution in [2.45, 2.75) is 6.92 Å². The van der Waals surface area contributed by atoms with E-state index in [0.29, 0.717) is 0 Å². The van der Waals surface area contributed by atoms with Crippen molar-refractivity contribution in [2.75, 3.05) is 14.1 Å². The molecule has 0 aliphatic carbocycles. The highest BCUT2D eigenvalue weighted by Crippen LogP contribution is 2.19. The monoisotopic (exact) mass is 201 g/mol. The number of aromatic amines is 1. The third-order valence-electron chi connectivity index (χ3n) is 2.36. The lowest BCUT2D eigenvalue weighted by atomic mass is 10.1. The van der Waals surface area contributed by atoms with Gasteiger partial charge in [0.15, 0.2) is 0 Å². The minimum absolute atomic E-state index is 1.15. The van der Waals surface area contributed by atoms with Crippen molar-refractivity contribution in [3.63, 3.8) is 0 Å². The molecule has 0 saturated heterocycles. The molecule has 1 heterocycles. The summed E-state index contributed by atoms with van der Waals surface area (Å²) in [5.41, 5.74) is 3.48. The van der Waals surface area contributed by atoms with Crippen molar-refractivity contribution in [3.05, 3.63) is 35.5 Å². The van der Waals surface area contributed by atoms with Crippen molar-refractivity contribution in [2.24, 2.45) is 5.10 Å². The Balaban J connectivity index is 2.54. The number of nitrogens with zero attached hydrogens (tertiary/aromatic N) is 2. The second kappa shape index (κ2) is 3.77. The molecular formula is C12H15N3. The number of benzene rings is 1. The summed E-state index contributed by atoms with van der Waals surface area (Å²) < 4.78 is 0. The van der Waals surface area contributed by atoms with E-state index in [4.69, 9.17) is 0 Å². The fraction of sp³-hybridized carbons (Fsp3) is 0.250. The van der Waals surface area contributed by atoms with Crippen LogP contribution in [-0.2, 0) is 0 Å². The molecule has 3 heteroatoms. The lowest BCUT2D eigenvalue weighted by molar-refractivity contribution is 0.440. The van der Waals surface area contributed by atoms with E-state index in [1.807, 2.05) is 32.4 Å². The smallest absolute Gasteiger partial charge is 0.0566 e. The van der Waals surface area contributed by atoms with Gasteiger partial charge in [-0.05, 0) is 13.0 Å². The fourth-order valence-corrected chi connectivity index (χ4v) is 1.64.